The van der Waals surface area contributed by atoms with E-state index in [1.807, 2.05) is 24.4 Å². The van der Waals surface area contributed by atoms with Crippen LogP contribution in [0.15, 0.2) is 46.4 Å². The van der Waals surface area contributed by atoms with E-state index >= 15 is 0 Å². The van der Waals surface area contributed by atoms with Crippen LogP contribution in [0, 0.1) is 11.3 Å². The largest absolute Gasteiger partial charge is 0.342 e. The summed E-state index contributed by atoms with van der Waals surface area (Å²) < 4.78 is 3.32. The van der Waals surface area contributed by atoms with E-state index in [1.165, 1.54) is 4.88 Å². The second-order valence-electron chi connectivity index (χ2n) is 4.00. The number of benzene rings is 1. The summed E-state index contributed by atoms with van der Waals surface area (Å²) in [5, 5.41) is 10.1. The molecule has 0 saturated heterocycles. The summed E-state index contributed by atoms with van der Waals surface area (Å²) in [5.41, 5.74) is 1.84. The molecule has 3 aromatic rings. The zero-order valence-electron chi connectivity index (χ0n) is 9.43. The first kappa shape index (κ1) is 11.5. The highest BCUT2D eigenvalue weighted by Gasteiger charge is 2.06. The SMILES string of the molecule is N#Cc1cccc2c1ccn2Cc1ccc(Br)s1. The Morgan fingerprint density at radius 2 is 2.11 bits per heavy atom. The predicted octanol–water partition coefficient (Wildman–Crippen LogP) is 4.39. The van der Waals surface area contributed by atoms with E-state index in [2.05, 4.69) is 44.8 Å². The van der Waals surface area contributed by atoms with E-state index in [4.69, 9.17) is 5.26 Å². The van der Waals surface area contributed by atoms with Crippen molar-refractivity contribution in [3.8, 4) is 6.07 Å². The maximum absolute atomic E-state index is 9.07. The lowest BCUT2D eigenvalue weighted by Crippen LogP contribution is -1.95. The third-order valence-electron chi connectivity index (χ3n) is 2.89. The lowest BCUT2D eigenvalue weighted by molar-refractivity contribution is 0.851. The Morgan fingerprint density at radius 3 is 2.83 bits per heavy atom. The van der Waals surface area contributed by atoms with Crippen LogP contribution in [0.1, 0.15) is 10.4 Å². The van der Waals surface area contributed by atoms with Crippen molar-refractivity contribution in [2.24, 2.45) is 0 Å². The molecule has 0 radical (unpaired) electrons. The van der Waals surface area contributed by atoms with Gasteiger partial charge < -0.3 is 4.57 Å². The summed E-state index contributed by atoms with van der Waals surface area (Å²) in [6.45, 7) is 0.842. The van der Waals surface area contributed by atoms with Gasteiger partial charge in [-0.15, -0.1) is 11.3 Å². The fourth-order valence-electron chi connectivity index (χ4n) is 2.06. The van der Waals surface area contributed by atoms with E-state index in [1.54, 1.807) is 11.3 Å². The molecule has 88 valence electrons. The van der Waals surface area contributed by atoms with Crippen molar-refractivity contribution in [1.82, 2.24) is 4.57 Å². The molecule has 18 heavy (non-hydrogen) atoms. The van der Waals surface area contributed by atoms with Crippen molar-refractivity contribution in [3.05, 3.63) is 56.8 Å². The quantitative estimate of drug-likeness (QED) is 0.689. The van der Waals surface area contributed by atoms with Gasteiger partial charge in [-0.05, 0) is 46.3 Å². The fraction of sp³-hybridized carbons (Fsp3) is 0.0714. The number of aromatic nitrogens is 1. The average Bonchev–Trinajstić information content (AvgIpc) is 2.97. The molecule has 0 fully saturated rings. The van der Waals surface area contributed by atoms with Gasteiger partial charge in [-0.2, -0.15) is 5.26 Å². The Kier molecular flexibility index (Phi) is 2.94. The second-order valence-corrected chi connectivity index (χ2v) is 6.55. The summed E-state index contributed by atoms with van der Waals surface area (Å²) in [6, 6.07) is 14.3. The first-order valence-corrected chi connectivity index (χ1v) is 7.11. The molecule has 0 N–H and O–H groups in total. The molecule has 0 aliphatic rings. The number of nitrogens with zero attached hydrogens (tertiary/aromatic N) is 2. The molecule has 0 unspecified atom stereocenters. The smallest absolute Gasteiger partial charge is 0.0998 e. The van der Waals surface area contributed by atoms with Crippen LogP contribution in [0.4, 0.5) is 0 Å². The molecule has 1 aromatic carbocycles. The number of hydrogen-bond donors (Lipinski definition) is 0. The molecule has 0 amide bonds. The van der Waals surface area contributed by atoms with Crippen LogP contribution in [-0.4, -0.2) is 4.57 Å². The lowest BCUT2D eigenvalue weighted by Gasteiger charge is -2.03. The number of nitriles is 1. The van der Waals surface area contributed by atoms with Crippen molar-refractivity contribution in [2.75, 3.05) is 0 Å². The summed E-state index contributed by atoms with van der Waals surface area (Å²) in [7, 11) is 0. The van der Waals surface area contributed by atoms with Crippen molar-refractivity contribution < 1.29 is 0 Å². The molecule has 0 spiro atoms. The van der Waals surface area contributed by atoms with Crippen molar-refractivity contribution in [2.45, 2.75) is 6.54 Å². The van der Waals surface area contributed by atoms with Crippen molar-refractivity contribution >= 4 is 38.2 Å². The van der Waals surface area contributed by atoms with Gasteiger partial charge in [-0.1, -0.05) is 6.07 Å². The molecule has 0 aliphatic carbocycles. The Hall–Kier alpha value is -1.57. The van der Waals surface area contributed by atoms with Crippen molar-refractivity contribution in [3.63, 3.8) is 0 Å². The van der Waals surface area contributed by atoms with Gasteiger partial charge in [0.2, 0.25) is 0 Å². The molecule has 0 aliphatic heterocycles. The van der Waals surface area contributed by atoms with Gasteiger partial charge in [0.15, 0.2) is 0 Å². The van der Waals surface area contributed by atoms with Gasteiger partial charge in [0.25, 0.3) is 0 Å². The van der Waals surface area contributed by atoms with E-state index < -0.39 is 0 Å². The maximum atomic E-state index is 9.07. The normalized spacial score (nSPS) is 10.7. The Balaban J connectivity index is 2.06. The molecule has 0 atom stereocenters. The Labute approximate surface area is 117 Å². The highest BCUT2D eigenvalue weighted by atomic mass is 79.9. The first-order chi connectivity index (χ1) is 8.78. The van der Waals surface area contributed by atoms with Crippen LogP contribution >= 0.6 is 27.3 Å². The first-order valence-electron chi connectivity index (χ1n) is 5.50. The fourth-order valence-corrected chi connectivity index (χ4v) is 3.55. The number of fused-ring (bicyclic) bond motifs is 1. The van der Waals surface area contributed by atoms with Gasteiger partial charge in [0, 0.05) is 22.0 Å². The minimum Gasteiger partial charge on any atom is -0.342 e. The summed E-state index contributed by atoms with van der Waals surface area (Å²) >= 11 is 5.21. The molecular weight excluding hydrogens is 308 g/mol. The summed E-state index contributed by atoms with van der Waals surface area (Å²) in [4.78, 5) is 1.29. The maximum Gasteiger partial charge on any atom is 0.0998 e. The Morgan fingerprint density at radius 1 is 1.22 bits per heavy atom. The third kappa shape index (κ3) is 1.96. The second kappa shape index (κ2) is 4.60. The molecule has 2 aromatic heterocycles. The van der Waals surface area contributed by atoms with Gasteiger partial charge in [0.05, 0.1) is 22.0 Å². The number of rotatable bonds is 2. The molecule has 2 heterocycles. The van der Waals surface area contributed by atoms with Crippen LogP contribution in [0.2, 0.25) is 0 Å². The van der Waals surface area contributed by atoms with Gasteiger partial charge in [-0.25, -0.2) is 0 Å². The molecule has 0 bridgehead atoms. The number of halogens is 1. The average molecular weight is 317 g/mol. The predicted molar refractivity (Wildman–Crippen MR) is 77.8 cm³/mol. The Bertz CT molecular complexity index is 749. The van der Waals surface area contributed by atoms with Crippen LogP contribution < -0.4 is 0 Å². The van der Waals surface area contributed by atoms with E-state index in [0.29, 0.717) is 0 Å². The molecule has 3 rings (SSSR count). The minimum atomic E-state index is 0.735. The highest BCUT2D eigenvalue weighted by molar-refractivity contribution is 9.11. The van der Waals surface area contributed by atoms with E-state index in [-0.39, 0.29) is 0 Å². The summed E-state index contributed by atoms with van der Waals surface area (Å²) in [5.74, 6) is 0. The van der Waals surface area contributed by atoms with Gasteiger partial charge in [0.1, 0.15) is 0 Å². The molecular formula is C14H9BrN2S. The highest BCUT2D eigenvalue weighted by Crippen LogP contribution is 2.25. The van der Waals surface area contributed by atoms with E-state index in [9.17, 15) is 0 Å². The zero-order valence-corrected chi connectivity index (χ0v) is 11.8. The topological polar surface area (TPSA) is 28.7 Å². The molecule has 4 heteroatoms. The lowest BCUT2D eigenvalue weighted by atomic mass is 10.1. The van der Waals surface area contributed by atoms with E-state index in [0.717, 1.165) is 26.8 Å². The van der Waals surface area contributed by atoms with Crippen LogP contribution in [0.25, 0.3) is 10.9 Å². The van der Waals surface area contributed by atoms with Crippen LogP contribution in [0.3, 0.4) is 0 Å². The molecule has 0 saturated carbocycles. The third-order valence-corrected chi connectivity index (χ3v) is 4.50. The van der Waals surface area contributed by atoms with Gasteiger partial charge >= 0.3 is 0 Å². The molecule has 2 nitrogen and oxygen atoms in total. The standard InChI is InChI=1S/C14H9BrN2S/c15-14-5-4-11(18-14)9-17-7-6-12-10(8-16)2-1-3-13(12)17/h1-7H,9H2. The minimum absolute atomic E-state index is 0.735. The zero-order chi connectivity index (χ0) is 12.5. The van der Waals surface area contributed by atoms with Gasteiger partial charge in [-0.3, -0.25) is 0 Å². The van der Waals surface area contributed by atoms with Crippen LogP contribution in [-0.2, 0) is 6.54 Å². The van der Waals surface area contributed by atoms with Crippen molar-refractivity contribution in [1.29, 1.82) is 5.26 Å². The number of hydrogen-bond acceptors (Lipinski definition) is 2. The van der Waals surface area contributed by atoms with Crippen LogP contribution in [0.5, 0.6) is 0 Å². The number of thiophene rings is 1. The monoisotopic (exact) mass is 316 g/mol. The summed E-state index contributed by atoms with van der Waals surface area (Å²) in [6.07, 6.45) is 2.04.